The highest BCUT2D eigenvalue weighted by Crippen LogP contribution is 2.35. The molecule has 2 aliphatic rings. The molecule has 0 N–H and O–H groups in total. The number of rotatable bonds is 4. The molecule has 5 nitrogen and oxygen atoms in total. The standard InChI is InChI=1S/C20H23N3O2S/c1-14-7-9-16(10-8-14)23-15(2)19(24)22(20(23)25)13-21-11-3-5-17(21)18-6-4-12-26-18/h4,6-10,12,15,17H,3,5,11,13H2,1-2H3/t15-,17-/m0/s1. The van der Waals surface area contributed by atoms with E-state index in [1.165, 1.54) is 9.78 Å². The smallest absolute Gasteiger partial charge is 0.282 e. The molecule has 2 atom stereocenters. The third-order valence-corrected chi connectivity index (χ3v) is 6.29. The van der Waals surface area contributed by atoms with Crippen molar-refractivity contribution in [3.05, 3.63) is 52.2 Å². The molecule has 1 aromatic heterocycles. The molecular formula is C20H23N3O2S. The highest BCUT2D eigenvalue weighted by Gasteiger charge is 2.44. The lowest BCUT2D eigenvalue weighted by atomic mass is 10.2. The first-order valence-electron chi connectivity index (χ1n) is 9.05. The minimum Gasteiger partial charge on any atom is -0.282 e. The maximum atomic E-state index is 13.0. The number of carbonyl (C=O) groups is 2. The Balaban J connectivity index is 1.54. The normalized spacial score (nSPS) is 24.1. The summed E-state index contributed by atoms with van der Waals surface area (Å²) in [5.74, 6) is -0.118. The maximum Gasteiger partial charge on any atom is 0.333 e. The summed E-state index contributed by atoms with van der Waals surface area (Å²) in [6.07, 6.45) is 2.17. The molecule has 26 heavy (non-hydrogen) atoms. The van der Waals surface area contributed by atoms with Crippen molar-refractivity contribution in [3.8, 4) is 0 Å². The predicted molar refractivity (Wildman–Crippen MR) is 103 cm³/mol. The lowest BCUT2D eigenvalue weighted by Crippen LogP contribution is -2.42. The number of thiophene rings is 1. The first kappa shape index (κ1) is 17.2. The van der Waals surface area contributed by atoms with Crippen LogP contribution in [-0.4, -0.2) is 41.0 Å². The lowest BCUT2D eigenvalue weighted by molar-refractivity contribution is -0.128. The van der Waals surface area contributed by atoms with Crippen molar-refractivity contribution < 1.29 is 9.59 Å². The van der Waals surface area contributed by atoms with Crippen LogP contribution in [0.15, 0.2) is 41.8 Å². The van der Waals surface area contributed by atoms with Crippen LogP contribution >= 0.6 is 11.3 Å². The van der Waals surface area contributed by atoms with Crippen LogP contribution < -0.4 is 4.90 Å². The van der Waals surface area contributed by atoms with Crippen LogP contribution in [0.4, 0.5) is 10.5 Å². The van der Waals surface area contributed by atoms with Crippen molar-refractivity contribution >= 4 is 29.0 Å². The van der Waals surface area contributed by atoms with Crippen LogP contribution in [-0.2, 0) is 4.79 Å². The second-order valence-corrected chi connectivity index (χ2v) is 8.04. The van der Waals surface area contributed by atoms with Gasteiger partial charge >= 0.3 is 6.03 Å². The van der Waals surface area contributed by atoms with E-state index in [2.05, 4.69) is 22.4 Å². The highest BCUT2D eigenvalue weighted by atomic mass is 32.1. The van der Waals surface area contributed by atoms with Gasteiger partial charge in [0, 0.05) is 23.2 Å². The van der Waals surface area contributed by atoms with Crippen molar-refractivity contribution in [1.29, 1.82) is 0 Å². The van der Waals surface area contributed by atoms with Crippen molar-refractivity contribution in [3.63, 3.8) is 0 Å². The van der Waals surface area contributed by atoms with Crippen LogP contribution in [0.5, 0.6) is 0 Å². The van der Waals surface area contributed by atoms with E-state index in [1.54, 1.807) is 23.2 Å². The number of benzene rings is 1. The number of carbonyl (C=O) groups excluding carboxylic acids is 2. The zero-order chi connectivity index (χ0) is 18.3. The molecule has 2 aliphatic heterocycles. The van der Waals surface area contributed by atoms with E-state index in [9.17, 15) is 9.59 Å². The average Bonchev–Trinajstić information content (AvgIpc) is 3.35. The number of urea groups is 1. The van der Waals surface area contributed by atoms with Gasteiger partial charge in [0.25, 0.3) is 5.91 Å². The molecule has 2 aromatic rings. The molecular weight excluding hydrogens is 346 g/mol. The van der Waals surface area contributed by atoms with Gasteiger partial charge in [-0.2, -0.15) is 0 Å². The number of nitrogens with zero attached hydrogens (tertiary/aromatic N) is 3. The molecule has 0 saturated carbocycles. The van der Waals surface area contributed by atoms with E-state index in [0.717, 1.165) is 30.6 Å². The van der Waals surface area contributed by atoms with Gasteiger partial charge in [0.05, 0.1) is 6.67 Å². The maximum absolute atomic E-state index is 13.0. The fourth-order valence-corrected chi connectivity index (χ4v) is 4.77. The van der Waals surface area contributed by atoms with E-state index in [-0.39, 0.29) is 11.9 Å². The number of anilines is 1. The van der Waals surface area contributed by atoms with Crippen molar-refractivity contribution in [2.45, 2.75) is 38.8 Å². The Hall–Kier alpha value is -2.18. The van der Waals surface area contributed by atoms with E-state index < -0.39 is 6.04 Å². The summed E-state index contributed by atoms with van der Waals surface area (Å²) in [5, 5.41) is 2.08. The number of hydrogen-bond acceptors (Lipinski definition) is 4. The average molecular weight is 369 g/mol. The van der Waals surface area contributed by atoms with Crippen LogP contribution in [0.25, 0.3) is 0 Å². The fraction of sp³-hybridized carbons (Fsp3) is 0.400. The molecule has 0 spiro atoms. The molecule has 4 rings (SSSR count). The Morgan fingerprint density at radius 3 is 2.62 bits per heavy atom. The molecule has 0 bridgehead atoms. The molecule has 6 heteroatoms. The van der Waals surface area contributed by atoms with E-state index in [0.29, 0.717) is 12.7 Å². The topological polar surface area (TPSA) is 43.9 Å². The Kier molecular flexibility index (Phi) is 4.54. The highest BCUT2D eigenvalue weighted by molar-refractivity contribution is 7.10. The first-order valence-corrected chi connectivity index (χ1v) is 9.93. The summed E-state index contributed by atoms with van der Waals surface area (Å²) in [6.45, 7) is 5.10. The first-order chi connectivity index (χ1) is 12.6. The summed E-state index contributed by atoms with van der Waals surface area (Å²) in [4.78, 5) is 32.4. The SMILES string of the molecule is Cc1ccc(N2C(=O)N(CN3CCC[C@H]3c3cccs3)C(=O)[C@@H]2C)cc1. The van der Waals surface area contributed by atoms with E-state index in [4.69, 9.17) is 0 Å². The molecule has 3 amide bonds. The van der Waals surface area contributed by atoms with E-state index >= 15 is 0 Å². The van der Waals surface area contributed by atoms with Gasteiger partial charge in [-0.25, -0.2) is 9.69 Å². The van der Waals surface area contributed by atoms with E-state index in [1.807, 2.05) is 31.2 Å². The number of amides is 3. The molecule has 136 valence electrons. The lowest BCUT2D eigenvalue weighted by Gasteiger charge is -2.27. The molecule has 1 aromatic carbocycles. The van der Waals surface area contributed by atoms with Crippen LogP contribution in [0.1, 0.15) is 36.2 Å². The quantitative estimate of drug-likeness (QED) is 0.765. The zero-order valence-electron chi connectivity index (χ0n) is 15.1. The molecule has 0 aliphatic carbocycles. The van der Waals surface area contributed by atoms with Crippen LogP contribution in [0.2, 0.25) is 0 Å². The van der Waals surface area contributed by atoms with Gasteiger partial charge < -0.3 is 0 Å². The molecule has 0 unspecified atom stereocenters. The monoisotopic (exact) mass is 369 g/mol. The molecule has 3 heterocycles. The summed E-state index contributed by atoms with van der Waals surface area (Å²) in [7, 11) is 0. The number of aryl methyl sites for hydroxylation is 1. The zero-order valence-corrected chi connectivity index (χ0v) is 15.9. The Morgan fingerprint density at radius 1 is 1.15 bits per heavy atom. The molecule has 2 saturated heterocycles. The van der Waals surface area contributed by atoms with Gasteiger partial charge in [0.15, 0.2) is 0 Å². The van der Waals surface area contributed by atoms with Gasteiger partial charge in [-0.05, 0) is 50.3 Å². The van der Waals surface area contributed by atoms with Crippen molar-refractivity contribution in [2.24, 2.45) is 0 Å². The third-order valence-electron chi connectivity index (χ3n) is 5.32. The Morgan fingerprint density at radius 2 is 1.92 bits per heavy atom. The number of hydrogen-bond donors (Lipinski definition) is 0. The Bertz CT molecular complexity index is 803. The van der Waals surface area contributed by atoms with Crippen LogP contribution in [0, 0.1) is 6.92 Å². The van der Waals surface area contributed by atoms with Crippen molar-refractivity contribution in [1.82, 2.24) is 9.80 Å². The molecule has 0 radical (unpaired) electrons. The van der Waals surface area contributed by atoms with Gasteiger partial charge in [-0.3, -0.25) is 14.6 Å². The summed E-state index contributed by atoms with van der Waals surface area (Å²) in [5.41, 5.74) is 1.91. The van der Waals surface area contributed by atoms with Crippen molar-refractivity contribution in [2.75, 3.05) is 18.1 Å². The summed E-state index contributed by atoms with van der Waals surface area (Å²) >= 11 is 1.74. The number of likely N-dealkylation sites (tertiary alicyclic amines) is 1. The third kappa shape index (κ3) is 2.93. The fourth-order valence-electron chi connectivity index (χ4n) is 3.88. The van der Waals surface area contributed by atoms with Crippen LogP contribution in [0.3, 0.4) is 0 Å². The minimum atomic E-state index is -0.465. The second-order valence-electron chi connectivity index (χ2n) is 7.06. The summed E-state index contributed by atoms with van der Waals surface area (Å²) in [6, 6.07) is 11.6. The van der Waals surface area contributed by atoms with Gasteiger partial charge in [-0.1, -0.05) is 23.8 Å². The molecule has 2 fully saturated rings. The second kappa shape index (κ2) is 6.85. The van der Waals surface area contributed by atoms with Gasteiger partial charge in [0.1, 0.15) is 6.04 Å². The Labute approximate surface area is 157 Å². The predicted octanol–water partition coefficient (Wildman–Crippen LogP) is 4.01. The van der Waals surface area contributed by atoms with Gasteiger partial charge in [-0.15, -0.1) is 11.3 Å². The summed E-state index contributed by atoms with van der Waals surface area (Å²) < 4.78 is 0. The largest absolute Gasteiger partial charge is 0.333 e. The number of imide groups is 1. The minimum absolute atomic E-state index is 0.118. The van der Waals surface area contributed by atoms with Gasteiger partial charge in [0.2, 0.25) is 0 Å².